The molecule has 0 radical (unpaired) electrons. The largest absolute Gasteiger partial charge is 0.481 e. The first-order valence-corrected chi connectivity index (χ1v) is 9.11. The van der Waals surface area contributed by atoms with E-state index < -0.39 is 6.10 Å². The van der Waals surface area contributed by atoms with Crippen LogP contribution in [0.1, 0.15) is 24.2 Å². The second kappa shape index (κ2) is 8.63. The number of rotatable bonds is 6. The summed E-state index contributed by atoms with van der Waals surface area (Å²) in [5.74, 6) is 0.442. The molecule has 2 aromatic carbocycles. The van der Waals surface area contributed by atoms with Crippen LogP contribution in [0.4, 0.5) is 0 Å². The van der Waals surface area contributed by atoms with Crippen LogP contribution in [0, 0.1) is 0 Å². The highest BCUT2D eigenvalue weighted by molar-refractivity contribution is 9.10. The molecule has 0 aliphatic carbocycles. The lowest BCUT2D eigenvalue weighted by Gasteiger charge is -2.22. The highest BCUT2D eigenvalue weighted by Crippen LogP contribution is 2.21. The Morgan fingerprint density at radius 3 is 2.35 bits per heavy atom. The molecular weight excluding hydrogens is 392 g/mol. The van der Waals surface area contributed by atoms with Crippen LogP contribution < -0.4 is 10.1 Å². The second-order valence-corrected chi connectivity index (χ2v) is 6.74. The summed E-state index contributed by atoms with van der Waals surface area (Å²) in [6, 6.07) is 22.5. The standard InChI is InChI=1S/C21H19BrN2O2/c1-15(26-18-12-10-17(22)11-13-18)21(25)24-20(16-7-3-2-4-8-16)19-9-5-6-14-23-19/h2-15,20H,1H3,(H,24,25)/t15-,20-/m0/s1. The SMILES string of the molecule is C[C@H](Oc1ccc(Br)cc1)C(=O)N[C@@H](c1ccccc1)c1ccccn1. The monoisotopic (exact) mass is 410 g/mol. The molecule has 132 valence electrons. The molecule has 3 rings (SSSR count). The van der Waals surface area contributed by atoms with Crippen molar-refractivity contribution in [3.8, 4) is 5.75 Å². The molecule has 26 heavy (non-hydrogen) atoms. The molecule has 0 fully saturated rings. The van der Waals surface area contributed by atoms with Gasteiger partial charge >= 0.3 is 0 Å². The van der Waals surface area contributed by atoms with Crippen molar-refractivity contribution in [1.82, 2.24) is 10.3 Å². The number of nitrogens with zero attached hydrogens (tertiary/aromatic N) is 1. The summed E-state index contributed by atoms with van der Waals surface area (Å²) in [5, 5.41) is 3.05. The van der Waals surface area contributed by atoms with Gasteiger partial charge in [-0.25, -0.2) is 0 Å². The number of hydrogen-bond acceptors (Lipinski definition) is 3. The lowest BCUT2D eigenvalue weighted by atomic mass is 10.0. The number of nitrogens with one attached hydrogen (secondary N) is 1. The van der Waals surface area contributed by atoms with E-state index in [0.29, 0.717) is 5.75 Å². The van der Waals surface area contributed by atoms with E-state index in [0.717, 1.165) is 15.7 Å². The summed E-state index contributed by atoms with van der Waals surface area (Å²) in [6.07, 6.45) is 1.09. The molecular formula is C21H19BrN2O2. The average molecular weight is 411 g/mol. The molecule has 0 unspecified atom stereocenters. The van der Waals surface area contributed by atoms with Gasteiger partial charge in [-0.3, -0.25) is 9.78 Å². The summed E-state index contributed by atoms with van der Waals surface area (Å²) in [6.45, 7) is 1.73. The van der Waals surface area contributed by atoms with Crippen molar-refractivity contribution < 1.29 is 9.53 Å². The van der Waals surface area contributed by atoms with Crippen molar-refractivity contribution in [2.24, 2.45) is 0 Å². The van der Waals surface area contributed by atoms with Crippen molar-refractivity contribution >= 4 is 21.8 Å². The average Bonchev–Trinajstić information content (AvgIpc) is 2.69. The van der Waals surface area contributed by atoms with E-state index in [1.807, 2.05) is 72.8 Å². The maximum atomic E-state index is 12.7. The third-order valence-electron chi connectivity index (χ3n) is 3.90. The fourth-order valence-electron chi connectivity index (χ4n) is 2.55. The van der Waals surface area contributed by atoms with Gasteiger partial charge in [-0.1, -0.05) is 52.3 Å². The van der Waals surface area contributed by atoms with E-state index >= 15 is 0 Å². The first-order valence-electron chi connectivity index (χ1n) is 8.32. The molecule has 0 saturated carbocycles. The van der Waals surface area contributed by atoms with Crippen molar-refractivity contribution in [1.29, 1.82) is 0 Å². The first kappa shape index (κ1) is 18.1. The molecule has 1 heterocycles. The maximum Gasteiger partial charge on any atom is 0.261 e. The van der Waals surface area contributed by atoms with E-state index in [1.165, 1.54) is 0 Å². The van der Waals surface area contributed by atoms with Crippen LogP contribution in [0.5, 0.6) is 5.75 Å². The minimum absolute atomic E-state index is 0.201. The summed E-state index contributed by atoms with van der Waals surface area (Å²) >= 11 is 3.38. The number of halogens is 1. The third kappa shape index (κ3) is 4.70. The van der Waals surface area contributed by atoms with Gasteiger partial charge in [-0.05, 0) is 48.9 Å². The number of ether oxygens (including phenoxy) is 1. The smallest absolute Gasteiger partial charge is 0.261 e. The first-order chi connectivity index (χ1) is 12.6. The van der Waals surface area contributed by atoms with Gasteiger partial charge in [0.25, 0.3) is 5.91 Å². The predicted octanol–water partition coefficient (Wildman–Crippen LogP) is 4.52. The molecule has 0 aliphatic rings. The van der Waals surface area contributed by atoms with Gasteiger partial charge < -0.3 is 10.1 Å². The van der Waals surface area contributed by atoms with E-state index in [4.69, 9.17) is 4.74 Å². The summed E-state index contributed by atoms with van der Waals surface area (Å²) in [5.41, 5.74) is 1.75. The van der Waals surface area contributed by atoms with Crippen LogP contribution in [0.15, 0.2) is 83.5 Å². The molecule has 3 aromatic rings. The summed E-state index contributed by atoms with van der Waals surface area (Å²) in [7, 11) is 0. The predicted molar refractivity (Wildman–Crippen MR) is 105 cm³/mol. The fraction of sp³-hybridized carbons (Fsp3) is 0.143. The number of carbonyl (C=O) groups excluding carboxylic acids is 1. The van der Waals surface area contributed by atoms with E-state index in [2.05, 4.69) is 26.2 Å². The van der Waals surface area contributed by atoms with Gasteiger partial charge in [0, 0.05) is 10.7 Å². The minimum Gasteiger partial charge on any atom is -0.481 e. The van der Waals surface area contributed by atoms with Crippen LogP contribution in [0.3, 0.4) is 0 Å². The topological polar surface area (TPSA) is 51.2 Å². The third-order valence-corrected chi connectivity index (χ3v) is 4.43. The molecule has 0 spiro atoms. The molecule has 0 aliphatic heterocycles. The maximum absolute atomic E-state index is 12.7. The molecule has 1 amide bonds. The Morgan fingerprint density at radius 2 is 1.69 bits per heavy atom. The van der Waals surface area contributed by atoms with E-state index in [9.17, 15) is 4.79 Å². The Balaban J connectivity index is 1.75. The van der Waals surface area contributed by atoms with Gasteiger partial charge in [0.05, 0.1) is 11.7 Å². The lowest BCUT2D eigenvalue weighted by molar-refractivity contribution is -0.127. The van der Waals surface area contributed by atoms with Gasteiger partial charge in [-0.15, -0.1) is 0 Å². The van der Waals surface area contributed by atoms with Crippen LogP contribution in [0.2, 0.25) is 0 Å². The van der Waals surface area contributed by atoms with Gasteiger partial charge in [0.1, 0.15) is 5.75 Å². The lowest BCUT2D eigenvalue weighted by Crippen LogP contribution is -2.39. The normalized spacial score (nSPS) is 12.8. The minimum atomic E-state index is -0.633. The Kier molecular flexibility index (Phi) is 6.02. The second-order valence-electron chi connectivity index (χ2n) is 5.82. The number of carbonyl (C=O) groups is 1. The zero-order valence-electron chi connectivity index (χ0n) is 14.3. The molecule has 0 saturated heterocycles. The van der Waals surface area contributed by atoms with Crippen molar-refractivity contribution in [2.45, 2.75) is 19.1 Å². The van der Waals surface area contributed by atoms with Gasteiger partial charge in [0.2, 0.25) is 0 Å². The molecule has 5 heteroatoms. The Hall–Kier alpha value is -2.66. The molecule has 0 bridgehead atoms. The highest BCUT2D eigenvalue weighted by atomic mass is 79.9. The van der Waals surface area contributed by atoms with Gasteiger partial charge in [0.15, 0.2) is 6.10 Å². The number of benzene rings is 2. The fourth-order valence-corrected chi connectivity index (χ4v) is 2.82. The Bertz CT molecular complexity index is 799. The van der Waals surface area contributed by atoms with Crippen LogP contribution in [-0.2, 0) is 4.79 Å². The van der Waals surface area contributed by atoms with E-state index in [-0.39, 0.29) is 11.9 Å². The summed E-state index contributed by atoms with van der Waals surface area (Å²) < 4.78 is 6.71. The number of pyridine rings is 1. The van der Waals surface area contributed by atoms with Gasteiger partial charge in [-0.2, -0.15) is 0 Å². The van der Waals surface area contributed by atoms with E-state index in [1.54, 1.807) is 13.1 Å². The molecule has 1 N–H and O–H groups in total. The van der Waals surface area contributed by atoms with Crippen molar-refractivity contribution in [2.75, 3.05) is 0 Å². The van der Waals surface area contributed by atoms with Crippen molar-refractivity contribution in [3.05, 3.63) is 94.7 Å². The molecule has 1 aromatic heterocycles. The quantitative estimate of drug-likeness (QED) is 0.649. The van der Waals surface area contributed by atoms with Crippen molar-refractivity contribution in [3.63, 3.8) is 0 Å². The van der Waals surface area contributed by atoms with Crippen LogP contribution >= 0.6 is 15.9 Å². The molecule has 2 atom stereocenters. The van der Waals surface area contributed by atoms with Crippen LogP contribution in [0.25, 0.3) is 0 Å². The number of amides is 1. The highest BCUT2D eigenvalue weighted by Gasteiger charge is 2.22. The molecule has 4 nitrogen and oxygen atoms in total. The zero-order valence-corrected chi connectivity index (χ0v) is 15.9. The zero-order chi connectivity index (χ0) is 18.4. The Labute approximate surface area is 161 Å². The summed E-state index contributed by atoms with van der Waals surface area (Å²) in [4.78, 5) is 17.1. The number of aromatic nitrogens is 1. The van der Waals surface area contributed by atoms with Crippen LogP contribution in [-0.4, -0.2) is 17.0 Å². The Morgan fingerprint density at radius 1 is 1.00 bits per heavy atom. The number of hydrogen-bond donors (Lipinski definition) is 1.